The smallest absolute Gasteiger partial charge is 0.193 e. The number of benzene rings is 1. The van der Waals surface area contributed by atoms with Gasteiger partial charge in [0, 0.05) is 18.6 Å². The minimum Gasteiger partial charge on any atom is -0.495 e. The molecule has 0 saturated carbocycles. The number of methoxy groups -OCH3 is 1. The Morgan fingerprint density at radius 1 is 1.25 bits per heavy atom. The molecule has 7 heteroatoms. The summed E-state index contributed by atoms with van der Waals surface area (Å²) in [6, 6.07) is 13.2. The Kier molecular flexibility index (Phi) is 4.71. The number of nitrogens with zero attached hydrogens (tertiary/aromatic N) is 4. The van der Waals surface area contributed by atoms with Gasteiger partial charge in [-0.15, -0.1) is 0 Å². The van der Waals surface area contributed by atoms with Crippen molar-refractivity contribution in [2.75, 3.05) is 12.4 Å². The fourth-order valence-electron chi connectivity index (χ4n) is 2.19. The predicted molar refractivity (Wildman–Crippen MR) is 93.3 cm³/mol. The van der Waals surface area contributed by atoms with Gasteiger partial charge in [-0.2, -0.15) is 5.10 Å². The van der Waals surface area contributed by atoms with E-state index in [1.165, 1.54) is 0 Å². The van der Waals surface area contributed by atoms with Crippen LogP contribution in [0.15, 0.2) is 66.0 Å². The van der Waals surface area contributed by atoms with Gasteiger partial charge in [-0.05, 0) is 35.9 Å². The molecule has 0 radical (unpaired) electrons. The van der Waals surface area contributed by atoms with Gasteiger partial charge in [-0.25, -0.2) is 14.7 Å². The molecule has 0 atom stereocenters. The molecule has 0 aliphatic rings. The number of nitrogens with one attached hydrogen (secondary N) is 1. The first kappa shape index (κ1) is 15.5. The number of para-hydroxylation sites is 2. The number of guanidine groups is 1. The second kappa shape index (κ2) is 7.28. The maximum atomic E-state index is 5.96. The van der Waals surface area contributed by atoms with Crippen molar-refractivity contribution in [2.24, 2.45) is 10.7 Å². The molecule has 3 rings (SSSR count). The van der Waals surface area contributed by atoms with Crippen LogP contribution < -0.4 is 15.8 Å². The van der Waals surface area contributed by atoms with Crippen LogP contribution in [0.25, 0.3) is 5.82 Å². The van der Waals surface area contributed by atoms with Crippen LogP contribution in [0.2, 0.25) is 0 Å². The molecule has 3 N–H and O–H groups in total. The van der Waals surface area contributed by atoms with Crippen molar-refractivity contribution >= 4 is 11.6 Å². The number of aromatic nitrogens is 3. The van der Waals surface area contributed by atoms with Gasteiger partial charge in [-0.1, -0.05) is 12.1 Å². The van der Waals surface area contributed by atoms with Crippen molar-refractivity contribution in [1.29, 1.82) is 0 Å². The molecule has 122 valence electrons. The lowest BCUT2D eigenvalue weighted by atomic mass is 10.2. The first-order valence-corrected chi connectivity index (χ1v) is 7.41. The number of pyridine rings is 1. The van der Waals surface area contributed by atoms with Crippen LogP contribution >= 0.6 is 0 Å². The van der Waals surface area contributed by atoms with Gasteiger partial charge in [0.2, 0.25) is 0 Å². The summed E-state index contributed by atoms with van der Waals surface area (Å²) >= 11 is 0. The molecule has 0 fully saturated rings. The first-order valence-electron chi connectivity index (χ1n) is 7.41. The zero-order chi connectivity index (χ0) is 16.8. The molecule has 0 spiro atoms. The van der Waals surface area contributed by atoms with E-state index in [9.17, 15) is 0 Å². The Morgan fingerprint density at radius 2 is 2.12 bits per heavy atom. The van der Waals surface area contributed by atoms with E-state index in [1.807, 2.05) is 48.7 Å². The maximum absolute atomic E-state index is 5.96. The van der Waals surface area contributed by atoms with Crippen molar-refractivity contribution in [3.05, 3.63) is 66.6 Å². The molecular weight excluding hydrogens is 304 g/mol. The third-order valence-corrected chi connectivity index (χ3v) is 3.35. The first-order chi connectivity index (χ1) is 11.8. The lowest BCUT2D eigenvalue weighted by Gasteiger charge is -2.10. The minimum atomic E-state index is 0.317. The monoisotopic (exact) mass is 322 g/mol. The van der Waals surface area contributed by atoms with Gasteiger partial charge in [0.25, 0.3) is 0 Å². The molecule has 0 unspecified atom stereocenters. The molecule has 0 aliphatic heterocycles. The van der Waals surface area contributed by atoms with Crippen LogP contribution in [0, 0.1) is 0 Å². The quantitative estimate of drug-likeness (QED) is 0.555. The third-order valence-electron chi connectivity index (χ3n) is 3.35. The predicted octanol–water partition coefficient (Wildman–Crippen LogP) is 2.20. The normalized spacial score (nSPS) is 11.3. The van der Waals surface area contributed by atoms with Crippen LogP contribution in [0.1, 0.15) is 5.56 Å². The molecule has 0 saturated heterocycles. The SMILES string of the molecule is COc1ccccc1NC(N)=NCc1ccnc(-n2cccn2)c1. The van der Waals surface area contributed by atoms with Crippen molar-refractivity contribution in [2.45, 2.75) is 6.54 Å². The fourth-order valence-corrected chi connectivity index (χ4v) is 2.19. The number of rotatable bonds is 5. The van der Waals surface area contributed by atoms with Crippen molar-refractivity contribution in [3.63, 3.8) is 0 Å². The van der Waals surface area contributed by atoms with Crippen LogP contribution in [-0.2, 0) is 6.54 Å². The Hall–Kier alpha value is -3.35. The highest BCUT2D eigenvalue weighted by atomic mass is 16.5. The molecule has 1 aromatic carbocycles. The molecule has 24 heavy (non-hydrogen) atoms. The number of hydrogen-bond donors (Lipinski definition) is 2. The van der Waals surface area contributed by atoms with Crippen LogP contribution in [0.3, 0.4) is 0 Å². The van der Waals surface area contributed by atoms with E-state index >= 15 is 0 Å². The van der Waals surface area contributed by atoms with E-state index in [0.717, 1.165) is 17.1 Å². The van der Waals surface area contributed by atoms with Gasteiger partial charge in [0.05, 0.1) is 19.3 Å². The van der Waals surface area contributed by atoms with E-state index in [4.69, 9.17) is 10.5 Å². The number of aliphatic imine (C=N–C) groups is 1. The topological polar surface area (TPSA) is 90.4 Å². The van der Waals surface area contributed by atoms with Crippen molar-refractivity contribution < 1.29 is 4.74 Å². The van der Waals surface area contributed by atoms with E-state index in [-0.39, 0.29) is 0 Å². The van der Waals surface area contributed by atoms with Crippen LogP contribution in [0.4, 0.5) is 5.69 Å². The van der Waals surface area contributed by atoms with Crippen molar-refractivity contribution in [1.82, 2.24) is 14.8 Å². The minimum absolute atomic E-state index is 0.317. The second-order valence-corrected chi connectivity index (χ2v) is 5.00. The van der Waals surface area contributed by atoms with E-state index < -0.39 is 0 Å². The number of hydrogen-bond acceptors (Lipinski definition) is 4. The summed E-state index contributed by atoms with van der Waals surface area (Å²) in [6.45, 7) is 0.435. The molecule has 0 bridgehead atoms. The Labute approximate surface area is 139 Å². The fraction of sp³-hybridized carbons (Fsp3) is 0.118. The largest absolute Gasteiger partial charge is 0.495 e. The summed E-state index contributed by atoms with van der Waals surface area (Å²) in [7, 11) is 1.61. The van der Waals surface area contributed by atoms with Gasteiger partial charge in [0.1, 0.15) is 5.75 Å². The lowest BCUT2D eigenvalue weighted by molar-refractivity contribution is 0.417. The molecule has 2 heterocycles. The van der Waals surface area contributed by atoms with E-state index in [2.05, 4.69) is 20.4 Å². The summed E-state index contributed by atoms with van der Waals surface area (Å²) < 4.78 is 6.97. The van der Waals surface area contributed by atoms with Gasteiger partial charge < -0.3 is 15.8 Å². The Bertz CT molecular complexity index is 829. The third kappa shape index (κ3) is 3.70. The Morgan fingerprint density at radius 3 is 2.92 bits per heavy atom. The zero-order valence-corrected chi connectivity index (χ0v) is 13.3. The highest BCUT2D eigenvalue weighted by molar-refractivity contribution is 5.93. The molecule has 3 aromatic rings. The highest BCUT2D eigenvalue weighted by Gasteiger charge is 2.03. The highest BCUT2D eigenvalue weighted by Crippen LogP contribution is 2.22. The summed E-state index contributed by atoms with van der Waals surface area (Å²) in [6.07, 6.45) is 5.28. The molecule has 2 aromatic heterocycles. The average Bonchev–Trinajstić information content (AvgIpc) is 3.15. The Balaban J connectivity index is 1.70. The zero-order valence-electron chi connectivity index (χ0n) is 13.3. The summed E-state index contributed by atoms with van der Waals surface area (Å²) in [5.41, 5.74) is 7.72. The van der Waals surface area contributed by atoms with Crippen molar-refractivity contribution in [3.8, 4) is 11.6 Å². The van der Waals surface area contributed by atoms with Gasteiger partial charge in [0.15, 0.2) is 11.8 Å². The second-order valence-electron chi connectivity index (χ2n) is 5.00. The standard InChI is InChI=1S/C17H18N6O/c1-24-15-6-3-2-5-14(15)22-17(18)20-12-13-7-9-19-16(11-13)23-10-4-8-21-23/h2-11H,12H2,1H3,(H3,18,20,22). The summed E-state index contributed by atoms with van der Waals surface area (Å²) in [4.78, 5) is 8.65. The number of anilines is 1. The van der Waals surface area contributed by atoms with Crippen LogP contribution in [0.5, 0.6) is 5.75 Å². The maximum Gasteiger partial charge on any atom is 0.193 e. The molecule has 0 aliphatic carbocycles. The van der Waals surface area contributed by atoms with E-state index in [0.29, 0.717) is 18.3 Å². The van der Waals surface area contributed by atoms with Crippen LogP contribution in [-0.4, -0.2) is 27.8 Å². The number of ether oxygens (including phenoxy) is 1. The molecule has 7 nitrogen and oxygen atoms in total. The lowest BCUT2D eigenvalue weighted by Crippen LogP contribution is -2.22. The average molecular weight is 322 g/mol. The molecule has 0 amide bonds. The summed E-state index contributed by atoms with van der Waals surface area (Å²) in [5.74, 6) is 1.77. The number of nitrogens with two attached hydrogens (primary N) is 1. The van der Waals surface area contributed by atoms with Gasteiger partial charge in [-0.3, -0.25) is 0 Å². The summed E-state index contributed by atoms with van der Waals surface area (Å²) in [5, 5.41) is 7.21. The van der Waals surface area contributed by atoms with E-state index in [1.54, 1.807) is 24.2 Å². The molecular formula is C17H18N6O. The van der Waals surface area contributed by atoms with Gasteiger partial charge >= 0.3 is 0 Å².